The van der Waals surface area contributed by atoms with Gasteiger partial charge in [-0.05, 0) is 64.6 Å². The number of aliphatic imine (C=N–C) groups is 1. The summed E-state index contributed by atoms with van der Waals surface area (Å²) in [6.07, 6.45) is 9.37. The van der Waals surface area contributed by atoms with Crippen LogP contribution >= 0.6 is 24.0 Å². The average molecular weight is 482 g/mol. The molecule has 1 aliphatic heterocycles. The van der Waals surface area contributed by atoms with Crippen LogP contribution in [0.2, 0.25) is 0 Å². The van der Waals surface area contributed by atoms with E-state index in [1.165, 1.54) is 58.2 Å². The van der Waals surface area contributed by atoms with Gasteiger partial charge in [0.15, 0.2) is 5.96 Å². The van der Waals surface area contributed by atoms with Crippen molar-refractivity contribution in [2.24, 2.45) is 10.9 Å². The van der Waals surface area contributed by atoms with E-state index in [0.29, 0.717) is 12.0 Å². The highest BCUT2D eigenvalue weighted by Crippen LogP contribution is 2.10. The van der Waals surface area contributed by atoms with Gasteiger partial charge in [0.1, 0.15) is 0 Å². The fraction of sp³-hybridized carbons (Fsp3) is 0.950. The van der Waals surface area contributed by atoms with Crippen molar-refractivity contribution in [2.75, 3.05) is 46.4 Å². The molecule has 1 heterocycles. The van der Waals surface area contributed by atoms with Gasteiger partial charge in [0.25, 0.3) is 0 Å². The Morgan fingerprint density at radius 1 is 1.04 bits per heavy atom. The van der Waals surface area contributed by atoms with E-state index in [-0.39, 0.29) is 24.0 Å². The van der Waals surface area contributed by atoms with Gasteiger partial charge in [0.05, 0.1) is 6.10 Å². The molecule has 1 atom stereocenters. The first-order valence-corrected chi connectivity index (χ1v) is 10.5. The fourth-order valence-corrected chi connectivity index (χ4v) is 3.40. The molecular formula is C20H43IN4O. The Kier molecular flexibility index (Phi) is 17.0. The first kappa shape index (κ1) is 25.9. The molecular weight excluding hydrogens is 439 g/mol. The lowest BCUT2D eigenvalue weighted by molar-refractivity contribution is 0.0258. The van der Waals surface area contributed by atoms with Crippen LogP contribution in [0.3, 0.4) is 0 Å². The number of rotatable bonds is 12. The fourth-order valence-electron chi connectivity index (χ4n) is 3.40. The minimum absolute atomic E-state index is 0. The van der Waals surface area contributed by atoms with Crippen LogP contribution in [0.5, 0.6) is 0 Å². The zero-order valence-corrected chi connectivity index (χ0v) is 19.9. The Morgan fingerprint density at radius 3 is 2.35 bits per heavy atom. The lowest BCUT2D eigenvalue weighted by atomic mass is 10.0. The summed E-state index contributed by atoms with van der Waals surface area (Å²) >= 11 is 0. The highest BCUT2D eigenvalue weighted by molar-refractivity contribution is 14.0. The zero-order valence-electron chi connectivity index (χ0n) is 17.6. The molecule has 0 bridgehead atoms. The number of hydrogen-bond acceptors (Lipinski definition) is 3. The molecule has 1 aliphatic rings. The lowest BCUT2D eigenvalue weighted by Gasteiger charge is -2.26. The standard InChI is InChI=1S/C20H42N4O.HI/c1-5-25-19(18(2)3)12-14-23-20(21-4)22-13-8-6-9-15-24-16-10-7-11-17-24;/h18-19H,5-17H2,1-4H3,(H2,21,22,23);1H. The van der Waals surface area contributed by atoms with Crippen LogP contribution in [-0.4, -0.2) is 63.3 Å². The molecule has 5 nitrogen and oxygen atoms in total. The lowest BCUT2D eigenvalue weighted by Crippen LogP contribution is -2.39. The topological polar surface area (TPSA) is 48.9 Å². The molecule has 0 spiro atoms. The molecule has 26 heavy (non-hydrogen) atoms. The number of halogens is 1. The Bertz CT molecular complexity index is 347. The molecule has 0 aromatic heterocycles. The maximum atomic E-state index is 5.79. The highest BCUT2D eigenvalue weighted by Gasteiger charge is 2.13. The van der Waals surface area contributed by atoms with Crippen LogP contribution in [0.1, 0.15) is 65.7 Å². The van der Waals surface area contributed by atoms with E-state index < -0.39 is 0 Å². The Hall–Kier alpha value is -0.0800. The van der Waals surface area contributed by atoms with Gasteiger partial charge in [-0.15, -0.1) is 24.0 Å². The van der Waals surface area contributed by atoms with E-state index >= 15 is 0 Å². The summed E-state index contributed by atoms with van der Waals surface area (Å²) in [6.45, 7) is 13.1. The van der Waals surface area contributed by atoms with E-state index in [2.05, 4.69) is 41.3 Å². The van der Waals surface area contributed by atoms with Gasteiger partial charge in [0.2, 0.25) is 0 Å². The third kappa shape index (κ3) is 12.3. The maximum absolute atomic E-state index is 5.79. The third-order valence-corrected chi connectivity index (χ3v) is 4.96. The van der Waals surface area contributed by atoms with Crippen LogP contribution in [0, 0.1) is 5.92 Å². The van der Waals surface area contributed by atoms with Gasteiger partial charge in [-0.1, -0.05) is 26.7 Å². The van der Waals surface area contributed by atoms with Crippen LogP contribution in [0.15, 0.2) is 4.99 Å². The Morgan fingerprint density at radius 2 is 1.73 bits per heavy atom. The van der Waals surface area contributed by atoms with E-state index in [9.17, 15) is 0 Å². The molecule has 1 rings (SSSR count). The minimum atomic E-state index is 0. The summed E-state index contributed by atoms with van der Waals surface area (Å²) in [4.78, 5) is 6.94. The molecule has 156 valence electrons. The smallest absolute Gasteiger partial charge is 0.190 e. The van der Waals surface area contributed by atoms with Crippen molar-refractivity contribution >= 4 is 29.9 Å². The van der Waals surface area contributed by atoms with Crippen molar-refractivity contribution in [1.29, 1.82) is 0 Å². The van der Waals surface area contributed by atoms with E-state index in [1.54, 1.807) is 0 Å². The highest BCUT2D eigenvalue weighted by atomic mass is 127. The summed E-state index contributed by atoms with van der Waals surface area (Å²) in [5.41, 5.74) is 0. The van der Waals surface area contributed by atoms with Crippen molar-refractivity contribution in [1.82, 2.24) is 15.5 Å². The van der Waals surface area contributed by atoms with Gasteiger partial charge in [-0.2, -0.15) is 0 Å². The number of guanidine groups is 1. The van der Waals surface area contributed by atoms with Gasteiger partial charge in [0, 0.05) is 26.7 Å². The van der Waals surface area contributed by atoms with Gasteiger partial charge in [-0.25, -0.2) is 0 Å². The van der Waals surface area contributed by atoms with E-state index in [0.717, 1.165) is 32.1 Å². The molecule has 0 radical (unpaired) electrons. The molecule has 0 aromatic carbocycles. The summed E-state index contributed by atoms with van der Waals surface area (Å²) in [5, 5.41) is 6.83. The molecule has 0 amide bonds. The number of ether oxygens (including phenoxy) is 1. The van der Waals surface area contributed by atoms with Crippen molar-refractivity contribution in [3.8, 4) is 0 Å². The molecule has 1 unspecified atom stereocenters. The second-order valence-corrected chi connectivity index (χ2v) is 7.42. The minimum Gasteiger partial charge on any atom is -0.378 e. The van der Waals surface area contributed by atoms with Crippen molar-refractivity contribution in [2.45, 2.75) is 71.8 Å². The number of unbranched alkanes of at least 4 members (excludes halogenated alkanes) is 2. The molecule has 0 aliphatic carbocycles. The third-order valence-electron chi connectivity index (χ3n) is 4.96. The van der Waals surface area contributed by atoms with Crippen LogP contribution in [-0.2, 0) is 4.74 Å². The number of nitrogens with zero attached hydrogens (tertiary/aromatic N) is 2. The van der Waals surface area contributed by atoms with Crippen molar-refractivity contribution < 1.29 is 4.74 Å². The summed E-state index contributed by atoms with van der Waals surface area (Å²) in [6, 6.07) is 0. The largest absolute Gasteiger partial charge is 0.378 e. The first-order chi connectivity index (χ1) is 12.2. The van der Waals surface area contributed by atoms with E-state index in [4.69, 9.17) is 4.74 Å². The molecule has 1 saturated heterocycles. The first-order valence-electron chi connectivity index (χ1n) is 10.5. The summed E-state index contributed by atoms with van der Waals surface area (Å²) < 4.78 is 5.79. The van der Waals surface area contributed by atoms with E-state index in [1.807, 2.05) is 7.05 Å². The Balaban J connectivity index is 0.00000625. The molecule has 0 saturated carbocycles. The van der Waals surface area contributed by atoms with Crippen molar-refractivity contribution in [3.63, 3.8) is 0 Å². The number of nitrogens with one attached hydrogen (secondary N) is 2. The van der Waals surface area contributed by atoms with Crippen LogP contribution in [0.25, 0.3) is 0 Å². The molecule has 0 aromatic rings. The number of hydrogen-bond donors (Lipinski definition) is 2. The SMILES string of the molecule is CCOC(CCNC(=NC)NCCCCCN1CCCCC1)C(C)C.I. The molecule has 2 N–H and O–H groups in total. The molecule has 6 heteroatoms. The van der Waals surface area contributed by atoms with Crippen molar-refractivity contribution in [3.05, 3.63) is 0 Å². The van der Waals surface area contributed by atoms with Crippen LogP contribution in [0.4, 0.5) is 0 Å². The van der Waals surface area contributed by atoms with Gasteiger partial charge < -0.3 is 20.3 Å². The summed E-state index contributed by atoms with van der Waals surface area (Å²) in [5.74, 6) is 1.46. The zero-order chi connectivity index (χ0) is 18.3. The second kappa shape index (κ2) is 17.0. The average Bonchev–Trinajstić information content (AvgIpc) is 2.62. The predicted molar refractivity (Wildman–Crippen MR) is 124 cm³/mol. The molecule has 1 fully saturated rings. The maximum Gasteiger partial charge on any atom is 0.190 e. The van der Waals surface area contributed by atoms with Crippen LogP contribution < -0.4 is 10.6 Å². The predicted octanol–water partition coefficient (Wildman–Crippen LogP) is 3.88. The monoisotopic (exact) mass is 482 g/mol. The Labute approximate surface area is 179 Å². The number of piperidine rings is 1. The second-order valence-electron chi connectivity index (χ2n) is 7.42. The quantitative estimate of drug-likeness (QED) is 0.192. The van der Waals surface area contributed by atoms with Gasteiger partial charge >= 0.3 is 0 Å². The summed E-state index contributed by atoms with van der Waals surface area (Å²) in [7, 11) is 1.84. The van der Waals surface area contributed by atoms with Gasteiger partial charge in [-0.3, -0.25) is 4.99 Å². The normalized spacial score (nSPS) is 17.0. The number of likely N-dealkylation sites (tertiary alicyclic amines) is 1.